The molecule has 1 aliphatic carbocycles. The molecule has 0 unspecified atom stereocenters. The van der Waals surface area contributed by atoms with Gasteiger partial charge in [0, 0.05) is 23.2 Å². The van der Waals surface area contributed by atoms with Crippen LogP contribution in [0.4, 0.5) is 11.4 Å². The Morgan fingerprint density at radius 2 is 1.86 bits per heavy atom. The second-order valence-corrected chi connectivity index (χ2v) is 10.4. The zero-order chi connectivity index (χ0) is 30.3. The quantitative estimate of drug-likeness (QED) is 0.138. The number of anilines is 1. The molecule has 0 atom stereocenters. The fourth-order valence-corrected chi connectivity index (χ4v) is 5.27. The Hall–Kier alpha value is -5.06. The summed E-state index contributed by atoms with van der Waals surface area (Å²) < 4.78 is 12.6. The molecule has 11 heteroatoms. The average molecular weight is 584 g/mol. The van der Waals surface area contributed by atoms with Crippen molar-refractivity contribution >= 4 is 34.4 Å². The van der Waals surface area contributed by atoms with E-state index in [0.717, 1.165) is 37.7 Å². The van der Waals surface area contributed by atoms with Gasteiger partial charge in [-0.05, 0) is 56.5 Å². The molecule has 5 rings (SSSR count). The minimum absolute atomic E-state index is 0.0816. The van der Waals surface area contributed by atoms with Crippen molar-refractivity contribution in [2.45, 2.75) is 51.9 Å². The van der Waals surface area contributed by atoms with Crippen LogP contribution >= 0.6 is 0 Å². The number of aryl methyl sites for hydroxylation is 1. The highest BCUT2D eigenvalue weighted by Crippen LogP contribution is 2.38. The van der Waals surface area contributed by atoms with E-state index in [1.165, 1.54) is 23.0 Å². The molecular formula is C32H33N5O6. The van der Waals surface area contributed by atoms with Gasteiger partial charge in [0.25, 0.3) is 11.5 Å². The molecule has 43 heavy (non-hydrogen) atoms. The molecule has 3 aromatic carbocycles. The lowest BCUT2D eigenvalue weighted by Crippen LogP contribution is -2.25. The van der Waals surface area contributed by atoms with E-state index in [2.05, 4.69) is 10.4 Å². The van der Waals surface area contributed by atoms with Gasteiger partial charge in [-0.25, -0.2) is 4.98 Å². The van der Waals surface area contributed by atoms with Crippen LogP contribution in [0.2, 0.25) is 0 Å². The first-order chi connectivity index (χ1) is 20.9. The van der Waals surface area contributed by atoms with Crippen molar-refractivity contribution in [1.82, 2.24) is 9.66 Å². The van der Waals surface area contributed by atoms with E-state index in [1.807, 2.05) is 31.2 Å². The Kier molecular flexibility index (Phi) is 9.09. The lowest BCUT2D eigenvalue weighted by Gasteiger charge is -2.22. The third kappa shape index (κ3) is 6.72. The van der Waals surface area contributed by atoms with Crippen molar-refractivity contribution < 1.29 is 19.2 Å². The van der Waals surface area contributed by atoms with Gasteiger partial charge in [0.05, 0.1) is 28.6 Å². The molecule has 222 valence electrons. The minimum Gasteiger partial charge on any atom is -0.490 e. The number of nitrogens with zero attached hydrogens (tertiary/aromatic N) is 4. The minimum atomic E-state index is -0.606. The number of rotatable bonds is 10. The molecule has 1 heterocycles. The number of amides is 1. The lowest BCUT2D eigenvalue weighted by atomic mass is 9.88. The van der Waals surface area contributed by atoms with Crippen molar-refractivity contribution in [3.63, 3.8) is 0 Å². The molecule has 4 aromatic rings. The molecule has 0 bridgehead atoms. The molecule has 1 fully saturated rings. The van der Waals surface area contributed by atoms with Crippen LogP contribution in [0.3, 0.4) is 0 Å². The molecule has 1 saturated carbocycles. The second-order valence-electron chi connectivity index (χ2n) is 10.4. The van der Waals surface area contributed by atoms with Gasteiger partial charge in [-0.2, -0.15) is 9.78 Å². The summed E-state index contributed by atoms with van der Waals surface area (Å²) in [5.74, 6) is 0.0988. The molecule has 1 N–H and O–H groups in total. The summed E-state index contributed by atoms with van der Waals surface area (Å²) in [6.07, 6.45) is 6.43. The van der Waals surface area contributed by atoms with Crippen molar-refractivity contribution in [2.75, 3.05) is 18.5 Å². The van der Waals surface area contributed by atoms with Crippen molar-refractivity contribution in [3.05, 3.63) is 98.1 Å². The smallest absolute Gasteiger partial charge is 0.315 e. The summed E-state index contributed by atoms with van der Waals surface area (Å²) in [6.45, 7) is 3.32. The fourth-order valence-electron chi connectivity index (χ4n) is 5.27. The number of nitrogens with one attached hydrogen (secondary N) is 1. The van der Waals surface area contributed by atoms with Gasteiger partial charge in [0.1, 0.15) is 5.82 Å². The van der Waals surface area contributed by atoms with Gasteiger partial charge in [0.2, 0.25) is 5.75 Å². The number of benzene rings is 3. The van der Waals surface area contributed by atoms with Crippen LogP contribution in [0.1, 0.15) is 61.9 Å². The Morgan fingerprint density at radius 3 is 2.60 bits per heavy atom. The Labute approximate surface area is 248 Å². The average Bonchev–Trinajstić information content (AvgIpc) is 3.01. The largest absolute Gasteiger partial charge is 0.490 e. The second kappa shape index (κ2) is 13.3. The molecule has 0 aliphatic heterocycles. The number of fused-ring (bicyclic) bond motifs is 1. The van der Waals surface area contributed by atoms with Crippen LogP contribution in [-0.4, -0.2) is 39.9 Å². The lowest BCUT2D eigenvalue weighted by molar-refractivity contribution is -0.385. The topological polar surface area (TPSA) is 138 Å². The number of hydrogen-bond acceptors (Lipinski definition) is 8. The molecule has 0 spiro atoms. The van der Waals surface area contributed by atoms with Crippen molar-refractivity contribution in [2.24, 2.45) is 5.10 Å². The molecule has 0 saturated heterocycles. The summed E-state index contributed by atoms with van der Waals surface area (Å²) in [7, 11) is 0. The van der Waals surface area contributed by atoms with Gasteiger partial charge in [-0.1, -0.05) is 49.6 Å². The summed E-state index contributed by atoms with van der Waals surface area (Å²) >= 11 is 0. The molecule has 1 amide bonds. The highest BCUT2D eigenvalue weighted by Gasteiger charge is 2.25. The maximum atomic E-state index is 13.5. The van der Waals surface area contributed by atoms with E-state index in [9.17, 15) is 19.7 Å². The first kappa shape index (κ1) is 29.4. The van der Waals surface area contributed by atoms with Crippen LogP contribution < -0.4 is 20.3 Å². The third-order valence-electron chi connectivity index (χ3n) is 7.39. The number of carbonyl (C=O) groups is 1. The Morgan fingerprint density at radius 1 is 1.12 bits per heavy atom. The number of aromatic nitrogens is 2. The third-order valence-corrected chi connectivity index (χ3v) is 7.39. The maximum absolute atomic E-state index is 13.5. The van der Waals surface area contributed by atoms with E-state index in [0.29, 0.717) is 28.0 Å². The fraction of sp³-hybridized carbons (Fsp3) is 0.312. The van der Waals surface area contributed by atoms with Crippen LogP contribution in [0, 0.1) is 17.0 Å². The van der Waals surface area contributed by atoms with E-state index in [-0.39, 0.29) is 29.6 Å². The van der Waals surface area contributed by atoms with E-state index >= 15 is 0 Å². The van der Waals surface area contributed by atoms with E-state index in [1.54, 1.807) is 31.2 Å². The van der Waals surface area contributed by atoms with Crippen LogP contribution in [0.25, 0.3) is 10.9 Å². The first-order valence-electron chi connectivity index (χ1n) is 14.3. The highest BCUT2D eigenvalue weighted by atomic mass is 16.6. The molecular weight excluding hydrogens is 550 g/mol. The van der Waals surface area contributed by atoms with Crippen LogP contribution in [-0.2, 0) is 4.79 Å². The zero-order valence-electron chi connectivity index (χ0n) is 24.1. The van der Waals surface area contributed by atoms with Crippen molar-refractivity contribution in [3.8, 4) is 11.5 Å². The monoisotopic (exact) mass is 583 g/mol. The van der Waals surface area contributed by atoms with Gasteiger partial charge in [-0.15, -0.1) is 0 Å². The summed E-state index contributed by atoms with van der Waals surface area (Å²) in [6, 6.07) is 17.2. The predicted molar refractivity (Wildman–Crippen MR) is 164 cm³/mol. The van der Waals surface area contributed by atoms with Gasteiger partial charge in [-0.3, -0.25) is 19.7 Å². The van der Waals surface area contributed by atoms with Gasteiger partial charge >= 0.3 is 5.69 Å². The van der Waals surface area contributed by atoms with E-state index < -0.39 is 23.1 Å². The zero-order valence-corrected chi connectivity index (χ0v) is 24.1. The number of nitro groups is 1. The Bertz CT molecular complexity index is 1740. The predicted octanol–water partition coefficient (Wildman–Crippen LogP) is 5.96. The number of hydrogen-bond donors (Lipinski definition) is 1. The Balaban J connectivity index is 1.48. The number of para-hydroxylation sites is 2. The first-order valence-corrected chi connectivity index (χ1v) is 14.3. The SMILES string of the molecule is CCOc1cc(C=Nn2c(C3CCCCC3)nc3ccccc3c2=O)cc([N+](=O)[O-])c1OCC(=O)Nc1ccccc1C. The van der Waals surface area contributed by atoms with Gasteiger partial charge in [0.15, 0.2) is 12.4 Å². The molecule has 1 aromatic heterocycles. The van der Waals surface area contributed by atoms with Crippen LogP contribution in [0.5, 0.6) is 11.5 Å². The number of carbonyl (C=O) groups excluding carboxylic acids is 1. The number of nitro benzene ring substituents is 1. The summed E-state index contributed by atoms with van der Waals surface area (Å²) in [4.78, 5) is 42.4. The number of ether oxygens (including phenoxy) is 2. The van der Waals surface area contributed by atoms with E-state index in [4.69, 9.17) is 14.5 Å². The van der Waals surface area contributed by atoms with Crippen molar-refractivity contribution in [1.29, 1.82) is 0 Å². The maximum Gasteiger partial charge on any atom is 0.315 e. The van der Waals surface area contributed by atoms with Crippen LogP contribution in [0.15, 0.2) is 70.6 Å². The molecule has 0 radical (unpaired) electrons. The summed E-state index contributed by atoms with van der Waals surface area (Å²) in [5.41, 5.74) is 1.72. The summed E-state index contributed by atoms with van der Waals surface area (Å²) in [5, 5.41) is 19.8. The normalized spacial score (nSPS) is 13.7. The molecule has 1 aliphatic rings. The highest BCUT2D eigenvalue weighted by molar-refractivity contribution is 5.92. The molecule has 11 nitrogen and oxygen atoms in total. The van der Waals surface area contributed by atoms with Gasteiger partial charge < -0.3 is 14.8 Å². The standard InChI is InChI=1S/C32H33N5O6/c1-3-42-28-18-22(17-27(37(40)41)30(28)43-20-29(38)34-25-15-9-7-11-21(25)2)19-33-36-31(23-12-5-4-6-13-23)35-26-16-10-8-14-24(26)32(36)39/h7-11,14-19,23H,3-6,12-13,20H2,1-2H3,(H,34,38).